The van der Waals surface area contributed by atoms with E-state index in [4.69, 9.17) is 24.2 Å². The third kappa shape index (κ3) is 7.11. The van der Waals surface area contributed by atoms with Crippen LogP contribution in [0.4, 0.5) is 4.79 Å². The van der Waals surface area contributed by atoms with Crippen molar-refractivity contribution in [3.05, 3.63) is 23.9 Å². The minimum absolute atomic E-state index is 0.0357. The molecule has 1 aliphatic carbocycles. The summed E-state index contributed by atoms with van der Waals surface area (Å²) in [6.45, 7) is 7.60. The first-order valence-corrected chi connectivity index (χ1v) is 14.0. The molecular weight excluding hydrogens is 516 g/mol. The van der Waals surface area contributed by atoms with Crippen molar-refractivity contribution in [2.75, 3.05) is 13.7 Å². The van der Waals surface area contributed by atoms with E-state index in [0.717, 1.165) is 32.1 Å². The van der Waals surface area contributed by atoms with Crippen LogP contribution in [-0.4, -0.2) is 75.9 Å². The lowest BCUT2D eigenvalue weighted by atomic mass is 9.85. The molecule has 1 unspecified atom stereocenters. The number of alkyl carbamates (subject to hydrolysis) is 1. The zero-order valence-corrected chi connectivity index (χ0v) is 23.9. The van der Waals surface area contributed by atoms with Crippen molar-refractivity contribution in [2.24, 2.45) is 5.41 Å². The SMILES string of the molecule is CCCCCc1nc2ccc(OC)cc2nc1O[C@@H]1C[C@@H](C(=O)O)N(C(=O)C(NC(=O)OC2CC2)C(C)(C)C)C1. The number of rotatable bonds is 11. The lowest BCUT2D eigenvalue weighted by molar-refractivity contribution is -0.150. The molecule has 2 N–H and O–H groups in total. The number of carboxylic acid groups (broad SMARTS) is 1. The summed E-state index contributed by atoms with van der Waals surface area (Å²) in [6, 6.07) is 3.36. The number of carboxylic acids is 1. The molecular formula is C29H40N4O7. The van der Waals surface area contributed by atoms with E-state index in [9.17, 15) is 19.5 Å². The zero-order valence-electron chi connectivity index (χ0n) is 23.9. The van der Waals surface area contributed by atoms with Gasteiger partial charge in [-0.15, -0.1) is 0 Å². The Morgan fingerprint density at radius 2 is 1.88 bits per heavy atom. The molecule has 40 heavy (non-hydrogen) atoms. The van der Waals surface area contributed by atoms with Crippen molar-refractivity contribution in [1.29, 1.82) is 0 Å². The molecule has 2 aliphatic rings. The molecule has 2 fully saturated rings. The quantitative estimate of drug-likeness (QED) is 0.391. The molecule has 0 bridgehead atoms. The number of fused-ring (bicyclic) bond motifs is 1. The van der Waals surface area contributed by atoms with Gasteiger partial charge in [-0.2, -0.15) is 0 Å². The molecule has 3 atom stereocenters. The number of unbranched alkanes of at least 4 members (excludes halogenated alkanes) is 2. The molecule has 0 radical (unpaired) electrons. The van der Waals surface area contributed by atoms with Crippen LogP contribution in [0, 0.1) is 5.41 Å². The van der Waals surface area contributed by atoms with Gasteiger partial charge in [-0.3, -0.25) is 4.79 Å². The predicted octanol–water partition coefficient (Wildman–Crippen LogP) is 4.11. The van der Waals surface area contributed by atoms with E-state index in [1.807, 2.05) is 32.9 Å². The minimum atomic E-state index is -1.13. The van der Waals surface area contributed by atoms with E-state index >= 15 is 0 Å². The summed E-state index contributed by atoms with van der Waals surface area (Å²) in [5.41, 5.74) is 1.32. The van der Waals surface area contributed by atoms with Crippen LogP contribution in [0.5, 0.6) is 11.6 Å². The summed E-state index contributed by atoms with van der Waals surface area (Å²) in [6.07, 6.45) is 3.92. The molecule has 218 valence electrons. The average Bonchev–Trinajstić information content (AvgIpc) is 3.61. The number of aliphatic carboxylic acids is 1. The molecule has 1 saturated carbocycles. The normalized spacial score (nSPS) is 19.8. The molecule has 11 heteroatoms. The van der Waals surface area contributed by atoms with E-state index in [2.05, 4.69) is 12.2 Å². The highest BCUT2D eigenvalue weighted by atomic mass is 16.6. The topological polar surface area (TPSA) is 140 Å². The minimum Gasteiger partial charge on any atom is -0.497 e. The third-order valence-corrected chi connectivity index (χ3v) is 7.21. The number of ether oxygens (including phenoxy) is 3. The molecule has 1 aromatic carbocycles. The van der Waals surface area contributed by atoms with Gasteiger partial charge in [0.15, 0.2) is 0 Å². The molecule has 2 heterocycles. The Kier molecular flexibility index (Phi) is 9.00. The molecule has 11 nitrogen and oxygen atoms in total. The summed E-state index contributed by atoms with van der Waals surface area (Å²) in [5.74, 6) is -0.656. The summed E-state index contributed by atoms with van der Waals surface area (Å²) in [5, 5.41) is 12.7. The second-order valence-corrected chi connectivity index (χ2v) is 11.7. The van der Waals surface area contributed by atoms with Crippen LogP contribution in [0.25, 0.3) is 11.0 Å². The summed E-state index contributed by atoms with van der Waals surface area (Å²) in [4.78, 5) is 49.2. The van der Waals surface area contributed by atoms with Crippen LogP contribution in [0.1, 0.15) is 71.9 Å². The average molecular weight is 557 g/mol. The number of aromatic nitrogens is 2. The third-order valence-electron chi connectivity index (χ3n) is 7.21. The fourth-order valence-electron chi connectivity index (χ4n) is 4.80. The van der Waals surface area contributed by atoms with Gasteiger partial charge in [0.25, 0.3) is 0 Å². The van der Waals surface area contributed by atoms with Crippen LogP contribution >= 0.6 is 0 Å². The Hall–Kier alpha value is -3.63. The van der Waals surface area contributed by atoms with Gasteiger partial charge in [0.1, 0.15) is 35.7 Å². The van der Waals surface area contributed by atoms with Gasteiger partial charge in [0.2, 0.25) is 11.8 Å². The van der Waals surface area contributed by atoms with Crippen molar-refractivity contribution < 1.29 is 33.7 Å². The lowest BCUT2D eigenvalue weighted by Gasteiger charge is -2.34. The Balaban J connectivity index is 1.57. The van der Waals surface area contributed by atoms with Gasteiger partial charge in [-0.25, -0.2) is 19.6 Å². The number of carbonyl (C=O) groups is 3. The molecule has 1 saturated heterocycles. The summed E-state index contributed by atoms with van der Waals surface area (Å²) < 4.78 is 16.9. The Morgan fingerprint density at radius 1 is 1.12 bits per heavy atom. The first kappa shape index (κ1) is 29.4. The molecule has 1 aliphatic heterocycles. The van der Waals surface area contributed by atoms with Crippen molar-refractivity contribution in [3.8, 4) is 11.6 Å². The molecule has 2 amide bonds. The second kappa shape index (κ2) is 12.3. The number of nitrogens with one attached hydrogen (secondary N) is 1. The van der Waals surface area contributed by atoms with Gasteiger partial charge < -0.3 is 29.5 Å². The van der Waals surface area contributed by atoms with Crippen LogP contribution in [-0.2, 0) is 20.7 Å². The largest absolute Gasteiger partial charge is 0.497 e. The molecule has 4 rings (SSSR count). The number of benzene rings is 1. The fourth-order valence-corrected chi connectivity index (χ4v) is 4.80. The zero-order chi connectivity index (χ0) is 29.0. The van der Waals surface area contributed by atoms with E-state index in [1.54, 1.807) is 13.2 Å². The van der Waals surface area contributed by atoms with Crippen LogP contribution in [0.15, 0.2) is 18.2 Å². The molecule has 0 spiro atoms. The Morgan fingerprint density at radius 3 is 2.50 bits per heavy atom. The number of aryl methyl sites for hydroxylation is 1. The smallest absolute Gasteiger partial charge is 0.408 e. The van der Waals surface area contributed by atoms with Gasteiger partial charge >= 0.3 is 12.1 Å². The highest BCUT2D eigenvalue weighted by Crippen LogP contribution is 2.31. The van der Waals surface area contributed by atoms with E-state index in [-0.39, 0.29) is 19.1 Å². The summed E-state index contributed by atoms with van der Waals surface area (Å²) >= 11 is 0. The maximum Gasteiger partial charge on any atom is 0.408 e. The fraction of sp³-hybridized carbons (Fsp3) is 0.621. The lowest BCUT2D eigenvalue weighted by Crippen LogP contribution is -2.57. The Bertz CT molecular complexity index is 1240. The highest BCUT2D eigenvalue weighted by molar-refractivity contribution is 5.90. The molecule has 1 aromatic heterocycles. The number of amides is 2. The van der Waals surface area contributed by atoms with Gasteiger partial charge in [-0.05, 0) is 43.2 Å². The number of hydrogen-bond acceptors (Lipinski definition) is 8. The first-order valence-electron chi connectivity index (χ1n) is 14.0. The standard InChI is InChI=1S/C29H40N4O7/c1-6-7-8-9-21-25(31-22-14-18(38-5)12-13-20(22)30-21)39-19-15-23(27(35)36)33(16-19)26(34)24(29(2,3)4)32-28(37)40-17-10-11-17/h12-14,17,19,23-24H,6-11,15-16H2,1-5H3,(H,32,37)(H,35,36)/t19-,23+,24?/m1/s1. The van der Waals surface area contributed by atoms with Gasteiger partial charge in [-0.1, -0.05) is 40.5 Å². The van der Waals surface area contributed by atoms with Gasteiger partial charge in [0, 0.05) is 12.5 Å². The highest BCUT2D eigenvalue weighted by Gasteiger charge is 2.46. The molecule has 2 aromatic rings. The number of methoxy groups -OCH3 is 1. The van der Waals surface area contributed by atoms with Crippen molar-refractivity contribution in [2.45, 2.75) is 96.9 Å². The van der Waals surface area contributed by atoms with E-state index in [1.165, 1.54) is 4.90 Å². The van der Waals surface area contributed by atoms with Crippen LogP contribution in [0.3, 0.4) is 0 Å². The number of likely N-dealkylation sites (tertiary alicyclic amines) is 1. The van der Waals surface area contributed by atoms with Crippen molar-refractivity contribution >= 4 is 29.0 Å². The number of nitrogens with zero attached hydrogens (tertiary/aromatic N) is 3. The predicted molar refractivity (Wildman–Crippen MR) is 147 cm³/mol. The number of hydrogen-bond donors (Lipinski definition) is 2. The van der Waals surface area contributed by atoms with Crippen LogP contribution in [0.2, 0.25) is 0 Å². The Labute approximate surface area is 234 Å². The van der Waals surface area contributed by atoms with Crippen molar-refractivity contribution in [3.63, 3.8) is 0 Å². The first-order chi connectivity index (χ1) is 19.0. The monoisotopic (exact) mass is 556 g/mol. The second-order valence-electron chi connectivity index (χ2n) is 11.7. The van der Waals surface area contributed by atoms with Crippen molar-refractivity contribution in [1.82, 2.24) is 20.2 Å². The van der Waals surface area contributed by atoms with E-state index < -0.39 is 41.6 Å². The van der Waals surface area contributed by atoms with Gasteiger partial charge in [0.05, 0.1) is 24.7 Å². The number of carbonyl (C=O) groups excluding carboxylic acids is 2. The summed E-state index contributed by atoms with van der Waals surface area (Å²) in [7, 11) is 1.58. The van der Waals surface area contributed by atoms with Crippen LogP contribution < -0.4 is 14.8 Å². The maximum atomic E-state index is 13.7. The van der Waals surface area contributed by atoms with E-state index in [0.29, 0.717) is 34.8 Å². The maximum absolute atomic E-state index is 13.7.